The molecule has 0 amide bonds. The van der Waals surface area contributed by atoms with Gasteiger partial charge in [0.25, 0.3) is 0 Å². The minimum absolute atomic E-state index is 0.215. The molecule has 0 spiro atoms. The van der Waals surface area contributed by atoms with E-state index in [0.717, 1.165) is 0 Å². The number of carbonyl (C=O) groups is 2. The molecule has 0 fully saturated rings. The lowest BCUT2D eigenvalue weighted by Gasteiger charge is -2.43. The molecule has 0 aromatic rings. The quantitative estimate of drug-likeness (QED) is 0.810. The zero-order valence-corrected chi connectivity index (χ0v) is 12.8. The van der Waals surface area contributed by atoms with Crippen molar-refractivity contribution in [3.63, 3.8) is 0 Å². The number of carboxylic acid groups (broad SMARTS) is 2. The van der Waals surface area contributed by atoms with Gasteiger partial charge in [-0.3, -0.25) is 0 Å². The first-order chi connectivity index (χ1) is 9.28. The first-order valence-corrected chi connectivity index (χ1v) is 6.95. The summed E-state index contributed by atoms with van der Waals surface area (Å²) in [5.74, 6) is -2.06. The molecule has 0 atom stereocenters. The van der Waals surface area contributed by atoms with E-state index < -0.39 is 17.4 Å². The van der Waals surface area contributed by atoms with Gasteiger partial charge in [-0.1, -0.05) is 13.8 Å². The molecule has 0 bridgehead atoms. The Hall–Kier alpha value is -1.78. The smallest absolute Gasteiger partial charge is 0.334 e. The highest BCUT2D eigenvalue weighted by molar-refractivity contribution is 5.98. The normalized spacial score (nSPS) is 18.6. The highest BCUT2D eigenvalue weighted by atomic mass is 16.4. The molecule has 0 radical (unpaired) electrons. The van der Waals surface area contributed by atoms with Crippen molar-refractivity contribution in [2.45, 2.75) is 47.5 Å². The number of aliphatic carboxylic acids is 2. The molecular formula is C15H23NO4. The number of allylic oxidation sites excluding steroid dienone is 2. The van der Waals surface area contributed by atoms with Gasteiger partial charge >= 0.3 is 11.9 Å². The van der Waals surface area contributed by atoms with Gasteiger partial charge in [0.15, 0.2) is 0 Å². The van der Waals surface area contributed by atoms with Crippen molar-refractivity contribution in [1.29, 1.82) is 0 Å². The van der Waals surface area contributed by atoms with Crippen molar-refractivity contribution in [2.75, 3.05) is 6.54 Å². The Morgan fingerprint density at radius 2 is 1.30 bits per heavy atom. The van der Waals surface area contributed by atoms with Crippen molar-refractivity contribution >= 4 is 11.9 Å². The lowest BCUT2D eigenvalue weighted by atomic mass is 9.66. The number of hydrogen-bond donors (Lipinski definition) is 2. The van der Waals surface area contributed by atoms with Crippen LogP contribution in [0.15, 0.2) is 22.5 Å². The molecular weight excluding hydrogens is 258 g/mol. The predicted molar refractivity (Wildman–Crippen MR) is 76.1 cm³/mol. The molecule has 0 unspecified atom stereocenters. The summed E-state index contributed by atoms with van der Waals surface area (Å²) in [5.41, 5.74) is 0.800. The van der Waals surface area contributed by atoms with Crippen LogP contribution >= 0.6 is 0 Å². The number of rotatable bonds is 5. The minimum Gasteiger partial charge on any atom is -0.478 e. The van der Waals surface area contributed by atoms with Crippen molar-refractivity contribution in [2.24, 2.45) is 5.41 Å². The van der Waals surface area contributed by atoms with Gasteiger partial charge in [-0.05, 0) is 33.6 Å². The molecule has 1 rings (SSSR count). The number of hydrogen-bond acceptors (Lipinski definition) is 3. The Morgan fingerprint density at radius 3 is 1.50 bits per heavy atom. The summed E-state index contributed by atoms with van der Waals surface area (Å²) in [6.07, 6.45) is 0.915. The first kappa shape index (κ1) is 16.3. The molecule has 0 aliphatic carbocycles. The van der Waals surface area contributed by atoms with Crippen LogP contribution in [0.2, 0.25) is 0 Å². The fourth-order valence-corrected chi connectivity index (χ4v) is 3.49. The third-order valence-electron chi connectivity index (χ3n) is 4.44. The maximum Gasteiger partial charge on any atom is 0.334 e. The van der Waals surface area contributed by atoms with Crippen molar-refractivity contribution in [3.05, 3.63) is 22.5 Å². The summed E-state index contributed by atoms with van der Waals surface area (Å²) in [5, 5.41) is 19.2. The van der Waals surface area contributed by atoms with Crippen LogP contribution in [0.5, 0.6) is 0 Å². The molecule has 5 nitrogen and oxygen atoms in total. The van der Waals surface area contributed by atoms with E-state index in [1.807, 2.05) is 20.8 Å². The molecule has 112 valence electrons. The van der Waals surface area contributed by atoms with Crippen LogP contribution in [-0.2, 0) is 9.59 Å². The van der Waals surface area contributed by atoms with Crippen LogP contribution in [0.25, 0.3) is 0 Å². The second kappa shape index (κ2) is 5.69. The fourth-order valence-electron chi connectivity index (χ4n) is 3.49. The summed E-state index contributed by atoms with van der Waals surface area (Å²) in [6, 6.07) is 0. The van der Waals surface area contributed by atoms with E-state index in [2.05, 4.69) is 0 Å². The highest BCUT2D eigenvalue weighted by Crippen LogP contribution is 2.49. The third-order valence-corrected chi connectivity index (χ3v) is 4.44. The molecule has 1 aliphatic rings. The lowest BCUT2D eigenvalue weighted by Crippen LogP contribution is -2.42. The zero-order valence-electron chi connectivity index (χ0n) is 12.8. The van der Waals surface area contributed by atoms with E-state index in [4.69, 9.17) is 0 Å². The van der Waals surface area contributed by atoms with Gasteiger partial charge in [0.2, 0.25) is 0 Å². The summed E-state index contributed by atoms with van der Waals surface area (Å²) in [6.45, 7) is 9.64. The predicted octanol–water partition coefficient (Wildman–Crippen LogP) is 2.85. The van der Waals surface area contributed by atoms with Gasteiger partial charge in [0, 0.05) is 23.4 Å². The van der Waals surface area contributed by atoms with Crippen LogP contribution in [0.4, 0.5) is 0 Å². The summed E-state index contributed by atoms with van der Waals surface area (Å²) in [7, 11) is 0. The van der Waals surface area contributed by atoms with Crippen LogP contribution < -0.4 is 0 Å². The molecule has 1 aliphatic heterocycles. The Balaban J connectivity index is 3.76. The molecule has 0 saturated carbocycles. The van der Waals surface area contributed by atoms with Gasteiger partial charge < -0.3 is 15.1 Å². The zero-order chi connectivity index (χ0) is 15.7. The third kappa shape index (κ3) is 2.11. The van der Waals surface area contributed by atoms with Crippen molar-refractivity contribution in [1.82, 2.24) is 4.90 Å². The van der Waals surface area contributed by atoms with E-state index in [1.165, 1.54) is 0 Å². The fraction of sp³-hybridized carbons (Fsp3) is 0.600. The summed E-state index contributed by atoms with van der Waals surface area (Å²) < 4.78 is 0. The van der Waals surface area contributed by atoms with Crippen LogP contribution in [0, 0.1) is 5.41 Å². The average molecular weight is 281 g/mol. The van der Waals surface area contributed by atoms with Crippen LogP contribution in [0.1, 0.15) is 47.5 Å². The topological polar surface area (TPSA) is 77.8 Å². The maximum absolute atomic E-state index is 11.7. The highest BCUT2D eigenvalue weighted by Gasteiger charge is 2.48. The van der Waals surface area contributed by atoms with E-state index in [9.17, 15) is 19.8 Å². The lowest BCUT2D eigenvalue weighted by molar-refractivity contribution is -0.135. The Kier molecular flexibility index (Phi) is 4.63. The number of carboxylic acids is 2. The van der Waals surface area contributed by atoms with Crippen molar-refractivity contribution in [3.8, 4) is 0 Å². The Bertz CT molecular complexity index is 458. The first-order valence-electron chi connectivity index (χ1n) is 6.95. The monoisotopic (exact) mass is 281 g/mol. The molecule has 2 N–H and O–H groups in total. The Labute approximate surface area is 119 Å². The maximum atomic E-state index is 11.7. The van der Waals surface area contributed by atoms with Crippen LogP contribution in [0.3, 0.4) is 0 Å². The Morgan fingerprint density at radius 1 is 0.950 bits per heavy atom. The molecule has 0 aromatic carbocycles. The van der Waals surface area contributed by atoms with Gasteiger partial charge in [0.1, 0.15) is 0 Å². The molecule has 20 heavy (non-hydrogen) atoms. The van der Waals surface area contributed by atoms with Gasteiger partial charge in [-0.2, -0.15) is 0 Å². The SMILES string of the molecule is CCN1C(C)=C(C(=O)O)C(CC)(CC)C(C(=O)O)=C1C. The van der Waals surface area contributed by atoms with Gasteiger partial charge in [-0.15, -0.1) is 0 Å². The summed E-state index contributed by atoms with van der Waals surface area (Å²) in [4.78, 5) is 25.2. The van der Waals surface area contributed by atoms with Crippen molar-refractivity contribution < 1.29 is 19.8 Å². The second-order valence-electron chi connectivity index (χ2n) is 5.06. The summed E-state index contributed by atoms with van der Waals surface area (Å²) >= 11 is 0. The average Bonchev–Trinajstić information content (AvgIpc) is 2.36. The standard InChI is InChI=1S/C15H23NO4/c1-6-15(7-2)11(13(17)18)9(4)16(8-3)10(5)12(15)14(19)20/h6-8H2,1-5H3,(H,17,18)(H,19,20). The van der Waals surface area contributed by atoms with E-state index in [0.29, 0.717) is 30.8 Å². The number of nitrogens with zero attached hydrogens (tertiary/aromatic N) is 1. The van der Waals surface area contributed by atoms with E-state index in [-0.39, 0.29) is 11.1 Å². The molecule has 0 saturated heterocycles. The minimum atomic E-state index is -1.03. The van der Waals surface area contributed by atoms with Gasteiger partial charge in [0.05, 0.1) is 11.1 Å². The van der Waals surface area contributed by atoms with Crippen LogP contribution in [-0.4, -0.2) is 33.6 Å². The van der Waals surface area contributed by atoms with Gasteiger partial charge in [-0.25, -0.2) is 9.59 Å². The molecule has 0 aromatic heterocycles. The molecule has 1 heterocycles. The van der Waals surface area contributed by atoms with E-state index >= 15 is 0 Å². The molecule has 5 heteroatoms. The van der Waals surface area contributed by atoms with E-state index in [1.54, 1.807) is 18.7 Å². The largest absolute Gasteiger partial charge is 0.478 e. The second-order valence-corrected chi connectivity index (χ2v) is 5.06.